The SMILES string of the molecule is COC(=O)C(CC(C)C)NS(=O)(=O)CCl. The number of ether oxygens (including phenoxy) is 1. The second-order valence-corrected chi connectivity index (χ2v) is 5.89. The normalized spacial score (nSPS) is 13.9. The van der Waals surface area contributed by atoms with Crippen molar-refractivity contribution >= 4 is 27.6 Å². The van der Waals surface area contributed by atoms with Gasteiger partial charge in [-0.05, 0) is 12.3 Å². The molecule has 0 aromatic carbocycles. The predicted molar refractivity (Wildman–Crippen MR) is 58.0 cm³/mol. The minimum Gasteiger partial charge on any atom is -0.468 e. The molecule has 90 valence electrons. The molecule has 0 aliphatic rings. The van der Waals surface area contributed by atoms with Crippen molar-refractivity contribution in [1.29, 1.82) is 0 Å². The molecule has 0 aromatic rings. The first kappa shape index (κ1) is 14.7. The van der Waals surface area contributed by atoms with Crippen LogP contribution in [0.3, 0.4) is 0 Å². The topological polar surface area (TPSA) is 72.5 Å². The van der Waals surface area contributed by atoms with Crippen molar-refractivity contribution in [2.24, 2.45) is 5.92 Å². The molecule has 0 aromatic heterocycles. The Morgan fingerprint density at radius 2 is 2.00 bits per heavy atom. The van der Waals surface area contributed by atoms with Crippen LogP contribution in [0.5, 0.6) is 0 Å². The fraction of sp³-hybridized carbons (Fsp3) is 0.875. The van der Waals surface area contributed by atoms with E-state index in [2.05, 4.69) is 9.46 Å². The fourth-order valence-corrected chi connectivity index (χ4v) is 1.93. The zero-order chi connectivity index (χ0) is 12.1. The van der Waals surface area contributed by atoms with E-state index in [1.165, 1.54) is 7.11 Å². The van der Waals surface area contributed by atoms with Crippen LogP contribution in [0, 0.1) is 5.92 Å². The highest BCUT2D eigenvalue weighted by molar-refractivity contribution is 7.90. The van der Waals surface area contributed by atoms with Gasteiger partial charge in [-0.15, -0.1) is 11.6 Å². The lowest BCUT2D eigenvalue weighted by Gasteiger charge is -2.17. The predicted octanol–water partition coefficient (Wildman–Crippen LogP) is 0.690. The van der Waals surface area contributed by atoms with Crippen LogP contribution in [0.15, 0.2) is 0 Å². The third-order valence-corrected chi connectivity index (χ3v) is 3.45. The zero-order valence-electron chi connectivity index (χ0n) is 8.99. The largest absolute Gasteiger partial charge is 0.468 e. The van der Waals surface area contributed by atoms with Crippen LogP contribution in [-0.2, 0) is 19.6 Å². The summed E-state index contributed by atoms with van der Waals surface area (Å²) in [5.41, 5.74) is 0. The molecular formula is C8H16ClNO4S. The van der Waals surface area contributed by atoms with E-state index in [4.69, 9.17) is 11.6 Å². The molecule has 0 saturated carbocycles. The van der Waals surface area contributed by atoms with Gasteiger partial charge in [-0.1, -0.05) is 13.8 Å². The Bertz CT molecular complexity index is 302. The third-order valence-electron chi connectivity index (χ3n) is 1.66. The molecule has 0 aliphatic carbocycles. The van der Waals surface area contributed by atoms with Gasteiger partial charge in [0.25, 0.3) is 0 Å². The number of rotatable bonds is 6. The monoisotopic (exact) mass is 257 g/mol. The summed E-state index contributed by atoms with van der Waals surface area (Å²) in [5, 5.41) is -0.571. The Labute approximate surface area is 95.2 Å². The zero-order valence-corrected chi connectivity index (χ0v) is 10.6. The van der Waals surface area contributed by atoms with Gasteiger partial charge in [0.15, 0.2) is 0 Å². The van der Waals surface area contributed by atoms with Crippen molar-refractivity contribution in [2.75, 3.05) is 12.3 Å². The van der Waals surface area contributed by atoms with Crippen LogP contribution in [0.1, 0.15) is 20.3 Å². The summed E-state index contributed by atoms with van der Waals surface area (Å²) in [6.07, 6.45) is 0.378. The lowest BCUT2D eigenvalue weighted by atomic mass is 10.1. The molecule has 0 spiro atoms. The molecule has 1 N–H and O–H groups in total. The van der Waals surface area contributed by atoms with Crippen molar-refractivity contribution in [3.05, 3.63) is 0 Å². The number of carbonyl (C=O) groups is 1. The number of methoxy groups -OCH3 is 1. The molecule has 0 bridgehead atoms. The van der Waals surface area contributed by atoms with E-state index >= 15 is 0 Å². The van der Waals surface area contributed by atoms with Gasteiger partial charge in [0.05, 0.1) is 7.11 Å². The van der Waals surface area contributed by atoms with Crippen LogP contribution in [-0.4, -0.2) is 32.8 Å². The summed E-state index contributed by atoms with van der Waals surface area (Å²) in [7, 11) is -2.39. The second kappa shape index (κ2) is 6.30. The van der Waals surface area contributed by atoms with Gasteiger partial charge in [0.1, 0.15) is 11.3 Å². The maximum absolute atomic E-state index is 11.2. The van der Waals surface area contributed by atoms with E-state index in [0.29, 0.717) is 6.42 Å². The maximum Gasteiger partial charge on any atom is 0.323 e. The summed E-state index contributed by atoms with van der Waals surface area (Å²) in [6, 6.07) is -0.862. The minimum atomic E-state index is -3.60. The summed E-state index contributed by atoms with van der Waals surface area (Å²) >= 11 is 5.22. The van der Waals surface area contributed by atoms with E-state index < -0.39 is 27.2 Å². The Morgan fingerprint density at radius 1 is 1.47 bits per heavy atom. The van der Waals surface area contributed by atoms with Crippen LogP contribution < -0.4 is 4.72 Å². The van der Waals surface area contributed by atoms with Gasteiger partial charge >= 0.3 is 5.97 Å². The molecule has 0 amide bonds. The van der Waals surface area contributed by atoms with Crippen molar-refractivity contribution in [1.82, 2.24) is 4.72 Å². The van der Waals surface area contributed by atoms with Crippen LogP contribution >= 0.6 is 11.6 Å². The number of carbonyl (C=O) groups excluding carboxylic acids is 1. The summed E-state index contributed by atoms with van der Waals surface area (Å²) in [4.78, 5) is 11.2. The number of hydrogen-bond donors (Lipinski definition) is 1. The Morgan fingerprint density at radius 3 is 2.33 bits per heavy atom. The molecule has 0 fully saturated rings. The number of hydrogen-bond acceptors (Lipinski definition) is 4. The Balaban J connectivity index is 4.58. The fourth-order valence-electron chi connectivity index (χ4n) is 1.05. The first-order chi connectivity index (χ1) is 6.82. The molecule has 0 rings (SSSR count). The number of esters is 1. The standard InChI is InChI=1S/C8H16ClNO4S/c1-6(2)4-7(8(11)14-3)10-15(12,13)5-9/h6-7,10H,4-5H2,1-3H3. The van der Waals surface area contributed by atoms with E-state index in [-0.39, 0.29) is 5.92 Å². The average Bonchev–Trinajstić information content (AvgIpc) is 2.14. The summed E-state index contributed by atoms with van der Waals surface area (Å²) < 4.78 is 29.0. The molecule has 1 atom stereocenters. The van der Waals surface area contributed by atoms with Gasteiger partial charge in [0.2, 0.25) is 10.0 Å². The van der Waals surface area contributed by atoms with E-state index in [9.17, 15) is 13.2 Å². The smallest absolute Gasteiger partial charge is 0.323 e. The average molecular weight is 258 g/mol. The second-order valence-electron chi connectivity index (χ2n) is 3.55. The number of halogens is 1. The van der Waals surface area contributed by atoms with Crippen molar-refractivity contribution in [2.45, 2.75) is 26.3 Å². The van der Waals surface area contributed by atoms with Crippen LogP contribution in [0.25, 0.3) is 0 Å². The van der Waals surface area contributed by atoms with E-state index in [1.807, 2.05) is 13.8 Å². The first-order valence-electron chi connectivity index (χ1n) is 4.46. The third kappa shape index (κ3) is 5.96. The summed E-state index contributed by atoms with van der Waals surface area (Å²) in [6.45, 7) is 3.76. The van der Waals surface area contributed by atoms with E-state index in [0.717, 1.165) is 0 Å². The number of alkyl halides is 1. The Kier molecular flexibility index (Phi) is 6.16. The lowest BCUT2D eigenvalue weighted by molar-refractivity contribution is -0.143. The highest BCUT2D eigenvalue weighted by atomic mass is 35.5. The van der Waals surface area contributed by atoms with Crippen molar-refractivity contribution in [3.8, 4) is 0 Å². The van der Waals surface area contributed by atoms with Gasteiger partial charge in [0, 0.05) is 0 Å². The van der Waals surface area contributed by atoms with Gasteiger partial charge in [-0.2, -0.15) is 4.72 Å². The lowest BCUT2D eigenvalue weighted by Crippen LogP contribution is -2.42. The maximum atomic E-state index is 11.2. The molecule has 5 nitrogen and oxygen atoms in total. The highest BCUT2D eigenvalue weighted by Crippen LogP contribution is 2.07. The highest BCUT2D eigenvalue weighted by Gasteiger charge is 2.25. The first-order valence-corrected chi connectivity index (χ1v) is 6.65. The van der Waals surface area contributed by atoms with Gasteiger partial charge in [-0.25, -0.2) is 8.42 Å². The molecule has 0 heterocycles. The molecule has 0 saturated heterocycles. The quantitative estimate of drug-likeness (QED) is 0.561. The van der Waals surface area contributed by atoms with Gasteiger partial charge in [-0.3, -0.25) is 4.79 Å². The van der Waals surface area contributed by atoms with Crippen molar-refractivity contribution < 1.29 is 17.9 Å². The minimum absolute atomic E-state index is 0.173. The number of nitrogens with one attached hydrogen (secondary N) is 1. The summed E-state index contributed by atoms with van der Waals surface area (Å²) in [5.74, 6) is -0.426. The Hall–Kier alpha value is -0.330. The number of sulfonamides is 1. The van der Waals surface area contributed by atoms with Crippen LogP contribution in [0.4, 0.5) is 0 Å². The molecule has 1 unspecified atom stereocenters. The molecule has 15 heavy (non-hydrogen) atoms. The molecule has 0 radical (unpaired) electrons. The van der Waals surface area contributed by atoms with Crippen LogP contribution in [0.2, 0.25) is 0 Å². The van der Waals surface area contributed by atoms with Crippen molar-refractivity contribution in [3.63, 3.8) is 0 Å². The molecule has 0 aliphatic heterocycles. The van der Waals surface area contributed by atoms with E-state index in [1.54, 1.807) is 0 Å². The molecular weight excluding hydrogens is 242 g/mol. The van der Waals surface area contributed by atoms with Gasteiger partial charge < -0.3 is 4.74 Å². The molecule has 7 heteroatoms.